The van der Waals surface area contributed by atoms with Crippen LogP contribution < -0.4 is 4.74 Å². The summed E-state index contributed by atoms with van der Waals surface area (Å²) in [5.41, 5.74) is 2.39. The van der Waals surface area contributed by atoms with Gasteiger partial charge in [-0.05, 0) is 50.2 Å². The van der Waals surface area contributed by atoms with Gasteiger partial charge in [-0.15, -0.1) is 10.2 Å². The van der Waals surface area contributed by atoms with Crippen LogP contribution in [0.1, 0.15) is 23.9 Å². The molecule has 0 aliphatic heterocycles. The van der Waals surface area contributed by atoms with E-state index >= 15 is 0 Å². The maximum Gasteiger partial charge on any atom is 0.347 e. The third-order valence-electron chi connectivity index (χ3n) is 3.70. The molecule has 3 rings (SSSR count). The van der Waals surface area contributed by atoms with Gasteiger partial charge in [-0.3, -0.25) is 0 Å². The lowest BCUT2D eigenvalue weighted by molar-refractivity contribution is -0.153. The second-order valence-corrected chi connectivity index (χ2v) is 5.87. The van der Waals surface area contributed by atoms with E-state index in [1.54, 1.807) is 31.2 Å². The molecule has 0 saturated carbocycles. The van der Waals surface area contributed by atoms with Gasteiger partial charge >= 0.3 is 5.97 Å². The summed E-state index contributed by atoms with van der Waals surface area (Å²) in [6, 6.07) is 16.1. The second-order valence-electron chi connectivity index (χ2n) is 5.87. The lowest BCUT2D eigenvalue weighted by Gasteiger charge is -2.13. The Hall–Kier alpha value is -3.66. The number of nitriles is 1. The number of aryl methyl sites for hydroxylation is 1. The van der Waals surface area contributed by atoms with Gasteiger partial charge in [-0.25, -0.2) is 4.79 Å². The molecule has 2 aromatic carbocycles. The quantitative estimate of drug-likeness (QED) is 0.619. The van der Waals surface area contributed by atoms with Gasteiger partial charge in [-0.1, -0.05) is 17.7 Å². The molecule has 1 heterocycles. The fourth-order valence-corrected chi connectivity index (χ4v) is 2.32. The third-order valence-corrected chi connectivity index (χ3v) is 3.70. The molecule has 0 fully saturated rings. The van der Waals surface area contributed by atoms with E-state index in [0.29, 0.717) is 17.2 Å². The van der Waals surface area contributed by atoms with Crippen LogP contribution in [-0.2, 0) is 16.1 Å². The van der Waals surface area contributed by atoms with Crippen molar-refractivity contribution in [1.29, 1.82) is 5.26 Å². The van der Waals surface area contributed by atoms with Gasteiger partial charge in [0.25, 0.3) is 5.89 Å². The fraction of sp³-hybridized carbons (Fsp3) is 0.200. The van der Waals surface area contributed by atoms with Gasteiger partial charge in [0.2, 0.25) is 5.89 Å². The predicted octanol–water partition coefficient (Wildman–Crippen LogP) is 3.43. The molecule has 0 aliphatic rings. The second kappa shape index (κ2) is 8.15. The van der Waals surface area contributed by atoms with Crippen molar-refractivity contribution in [3.8, 4) is 23.3 Å². The highest BCUT2D eigenvalue weighted by Crippen LogP contribution is 2.19. The zero-order chi connectivity index (χ0) is 19.2. The number of hydrogen-bond donors (Lipinski definition) is 0. The number of carbonyl (C=O) groups excluding carboxylic acids is 1. The number of ether oxygens (including phenoxy) is 2. The highest BCUT2D eigenvalue weighted by atomic mass is 16.6. The van der Waals surface area contributed by atoms with Crippen molar-refractivity contribution in [1.82, 2.24) is 10.2 Å². The summed E-state index contributed by atoms with van der Waals surface area (Å²) in [5.74, 6) is 0.477. The number of nitrogens with zero attached hydrogens (tertiary/aromatic N) is 3. The molecule has 0 spiro atoms. The molecule has 1 aromatic heterocycles. The van der Waals surface area contributed by atoms with Crippen LogP contribution >= 0.6 is 0 Å². The van der Waals surface area contributed by atoms with E-state index in [1.165, 1.54) is 0 Å². The number of carbonyl (C=O) groups is 1. The van der Waals surface area contributed by atoms with Crippen molar-refractivity contribution in [3.05, 3.63) is 65.5 Å². The van der Waals surface area contributed by atoms with Crippen molar-refractivity contribution in [2.45, 2.75) is 26.6 Å². The maximum atomic E-state index is 12.1. The summed E-state index contributed by atoms with van der Waals surface area (Å²) in [5, 5.41) is 16.6. The Morgan fingerprint density at radius 3 is 2.70 bits per heavy atom. The number of benzene rings is 2. The minimum Gasteiger partial charge on any atom is -0.479 e. The molecule has 0 saturated heterocycles. The molecule has 0 bridgehead atoms. The first-order valence-corrected chi connectivity index (χ1v) is 8.28. The van der Waals surface area contributed by atoms with Crippen LogP contribution in [0.25, 0.3) is 11.5 Å². The highest BCUT2D eigenvalue weighted by molar-refractivity contribution is 5.74. The smallest absolute Gasteiger partial charge is 0.347 e. The molecular formula is C20H17N3O4. The van der Waals surface area contributed by atoms with E-state index in [-0.39, 0.29) is 12.5 Å². The number of aromatic nitrogens is 2. The van der Waals surface area contributed by atoms with Crippen LogP contribution in [-0.4, -0.2) is 22.3 Å². The molecule has 3 aromatic rings. The van der Waals surface area contributed by atoms with Crippen LogP contribution in [0.2, 0.25) is 0 Å². The first-order valence-electron chi connectivity index (χ1n) is 8.28. The normalized spacial score (nSPS) is 11.4. The van der Waals surface area contributed by atoms with Crippen LogP contribution in [0.5, 0.6) is 5.75 Å². The Balaban J connectivity index is 1.55. The molecule has 7 heteroatoms. The molecule has 136 valence electrons. The van der Waals surface area contributed by atoms with E-state index in [0.717, 1.165) is 11.1 Å². The summed E-state index contributed by atoms with van der Waals surface area (Å²) in [6.07, 6.45) is -0.822. The third kappa shape index (κ3) is 4.70. The molecule has 1 atom stereocenters. The van der Waals surface area contributed by atoms with Crippen molar-refractivity contribution >= 4 is 5.97 Å². The van der Waals surface area contributed by atoms with E-state index in [1.807, 2.05) is 37.3 Å². The lowest BCUT2D eigenvalue weighted by atomic mass is 10.1. The molecule has 27 heavy (non-hydrogen) atoms. The van der Waals surface area contributed by atoms with Crippen LogP contribution in [0.3, 0.4) is 0 Å². The number of hydrogen-bond acceptors (Lipinski definition) is 7. The van der Waals surface area contributed by atoms with E-state index < -0.39 is 12.1 Å². The van der Waals surface area contributed by atoms with Crippen LogP contribution in [0.15, 0.2) is 52.9 Å². The minimum absolute atomic E-state index is 0.140. The van der Waals surface area contributed by atoms with Gasteiger partial charge < -0.3 is 13.9 Å². The first kappa shape index (κ1) is 18.1. The average molecular weight is 363 g/mol. The van der Waals surface area contributed by atoms with Crippen molar-refractivity contribution < 1.29 is 18.7 Å². The van der Waals surface area contributed by atoms with Crippen LogP contribution in [0, 0.1) is 18.3 Å². The first-order chi connectivity index (χ1) is 13.0. The van der Waals surface area contributed by atoms with Gasteiger partial charge in [-0.2, -0.15) is 5.26 Å². The maximum absolute atomic E-state index is 12.1. The molecule has 0 aliphatic carbocycles. The van der Waals surface area contributed by atoms with Gasteiger partial charge in [0, 0.05) is 5.56 Å². The van der Waals surface area contributed by atoms with Crippen molar-refractivity contribution in [2.75, 3.05) is 0 Å². The highest BCUT2D eigenvalue weighted by Gasteiger charge is 2.18. The van der Waals surface area contributed by atoms with Crippen LogP contribution in [0.4, 0.5) is 0 Å². The van der Waals surface area contributed by atoms with E-state index in [9.17, 15) is 4.79 Å². The number of esters is 1. The largest absolute Gasteiger partial charge is 0.479 e. The Bertz CT molecular complexity index is 973. The molecule has 0 N–H and O–H groups in total. The molecule has 7 nitrogen and oxygen atoms in total. The SMILES string of the molecule is Cc1cccc(-c2nnc(COC(=O)[C@H](C)Oc3ccc(C#N)cc3)o2)c1. The topological polar surface area (TPSA) is 98.2 Å². The summed E-state index contributed by atoms with van der Waals surface area (Å²) in [6.45, 7) is 3.41. The molecular weight excluding hydrogens is 346 g/mol. The molecule has 0 radical (unpaired) electrons. The summed E-state index contributed by atoms with van der Waals surface area (Å²) < 4.78 is 16.2. The Labute approximate surface area is 156 Å². The standard InChI is InChI=1S/C20H17N3O4/c1-13-4-3-5-16(10-13)19-23-22-18(27-19)12-25-20(24)14(2)26-17-8-6-15(11-21)7-9-17/h3-10,14H,12H2,1-2H3/t14-/m0/s1. The Kier molecular flexibility index (Phi) is 5.47. The van der Waals surface area contributed by atoms with Crippen molar-refractivity contribution in [3.63, 3.8) is 0 Å². The number of rotatable bonds is 6. The lowest BCUT2D eigenvalue weighted by Crippen LogP contribution is -2.26. The Morgan fingerprint density at radius 1 is 1.22 bits per heavy atom. The molecule has 0 unspecified atom stereocenters. The fourth-order valence-electron chi connectivity index (χ4n) is 2.32. The van der Waals surface area contributed by atoms with E-state index in [4.69, 9.17) is 19.2 Å². The predicted molar refractivity (Wildman–Crippen MR) is 95.5 cm³/mol. The summed E-state index contributed by atoms with van der Waals surface area (Å²) in [4.78, 5) is 12.1. The monoisotopic (exact) mass is 363 g/mol. The minimum atomic E-state index is -0.822. The zero-order valence-corrected chi connectivity index (χ0v) is 14.9. The van der Waals surface area contributed by atoms with Gasteiger partial charge in [0.1, 0.15) is 5.75 Å². The molecule has 0 amide bonds. The van der Waals surface area contributed by atoms with E-state index in [2.05, 4.69) is 10.2 Å². The summed E-state index contributed by atoms with van der Waals surface area (Å²) >= 11 is 0. The zero-order valence-electron chi connectivity index (χ0n) is 14.9. The average Bonchev–Trinajstić information content (AvgIpc) is 3.16. The Morgan fingerprint density at radius 2 is 2.00 bits per heavy atom. The van der Waals surface area contributed by atoms with Crippen molar-refractivity contribution in [2.24, 2.45) is 0 Å². The van der Waals surface area contributed by atoms with Gasteiger partial charge in [0.05, 0.1) is 11.6 Å². The summed E-state index contributed by atoms with van der Waals surface area (Å²) in [7, 11) is 0. The van der Waals surface area contributed by atoms with Gasteiger partial charge in [0.15, 0.2) is 12.7 Å².